The average Bonchev–Trinajstić information content (AvgIpc) is 2.81. The Kier molecular flexibility index (Phi) is 5.73. The zero-order valence-electron chi connectivity index (χ0n) is 17.3. The number of halogens is 1. The van der Waals surface area contributed by atoms with Crippen LogP contribution in [0.25, 0.3) is 22.3 Å². The number of carbonyl (C=O) groups is 1. The van der Waals surface area contributed by atoms with Crippen molar-refractivity contribution in [2.75, 3.05) is 19.5 Å². The Morgan fingerprint density at radius 1 is 0.968 bits per heavy atom. The number of pyridine rings is 2. The van der Waals surface area contributed by atoms with Crippen LogP contribution in [0.5, 0.6) is 11.5 Å². The molecule has 0 aliphatic heterocycles. The molecule has 0 saturated carbocycles. The largest absolute Gasteiger partial charge is 0.497 e. The molecule has 2 aromatic carbocycles. The molecule has 31 heavy (non-hydrogen) atoms. The fourth-order valence-corrected chi connectivity index (χ4v) is 3.47. The Labute approximate surface area is 184 Å². The Morgan fingerprint density at radius 3 is 2.35 bits per heavy atom. The van der Waals surface area contributed by atoms with Crippen LogP contribution in [0.1, 0.15) is 15.9 Å². The van der Waals surface area contributed by atoms with Gasteiger partial charge in [0.1, 0.15) is 11.5 Å². The van der Waals surface area contributed by atoms with Crippen LogP contribution in [0.4, 0.5) is 5.69 Å². The molecular weight excluding hydrogens is 414 g/mol. The van der Waals surface area contributed by atoms with Crippen LogP contribution in [0.2, 0.25) is 5.02 Å². The van der Waals surface area contributed by atoms with Gasteiger partial charge in [0.05, 0.1) is 36.7 Å². The second-order valence-electron chi connectivity index (χ2n) is 6.89. The molecule has 0 atom stereocenters. The molecule has 2 heterocycles. The highest BCUT2D eigenvalue weighted by Crippen LogP contribution is 2.31. The van der Waals surface area contributed by atoms with E-state index in [4.69, 9.17) is 26.1 Å². The first kappa shape index (κ1) is 20.6. The molecule has 1 N–H and O–H groups in total. The highest BCUT2D eigenvalue weighted by molar-refractivity contribution is 6.32. The second kappa shape index (κ2) is 8.62. The van der Waals surface area contributed by atoms with Gasteiger partial charge in [0.15, 0.2) is 0 Å². The van der Waals surface area contributed by atoms with Gasteiger partial charge in [0.25, 0.3) is 5.91 Å². The lowest BCUT2D eigenvalue weighted by molar-refractivity contribution is 0.102. The third kappa shape index (κ3) is 4.15. The highest BCUT2D eigenvalue weighted by atomic mass is 35.5. The number of fused-ring (bicyclic) bond motifs is 1. The molecule has 0 saturated heterocycles. The van der Waals surface area contributed by atoms with E-state index in [1.807, 2.05) is 25.1 Å². The Morgan fingerprint density at radius 2 is 1.71 bits per heavy atom. The minimum absolute atomic E-state index is 0.290. The number of aromatic nitrogens is 2. The number of aryl methyl sites for hydroxylation is 1. The molecule has 1 amide bonds. The normalized spacial score (nSPS) is 10.7. The van der Waals surface area contributed by atoms with Crippen LogP contribution in [0.3, 0.4) is 0 Å². The third-order valence-electron chi connectivity index (χ3n) is 4.95. The zero-order chi connectivity index (χ0) is 22.0. The summed E-state index contributed by atoms with van der Waals surface area (Å²) >= 11 is 6.33. The topological polar surface area (TPSA) is 73.3 Å². The van der Waals surface area contributed by atoms with E-state index in [2.05, 4.69) is 10.3 Å². The minimum Gasteiger partial charge on any atom is -0.497 e. The van der Waals surface area contributed by atoms with Crippen LogP contribution >= 0.6 is 11.6 Å². The molecule has 0 unspecified atom stereocenters. The molecule has 0 radical (unpaired) electrons. The van der Waals surface area contributed by atoms with Crippen molar-refractivity contribution in [3.05, 3.63) is 76.9 Å². The SMILES string of the molecule is COc1cc(NC(=O)c2cc(-c3ccccn3)nc3c(C)c(Cl)ccc23)cc(OC)c1. The first-order valence-electron chi connectivity index (χ1n) is 9.56. The van der Waals surface area contributed by atoms with Gasteiger partial charge in [-0.15, -0.1) is 0 Å². The van der Waals surface area contributed by atoms with E-state index in [0.29, 0.717) is 50.1 Å². The van der Waals surface area contributed by atoms with Crippen molar-refractivity contribution < 1.29 is 14.3 Å². The van der Waals surface area contributed by atoms with Crippen molar-refractivity contribution in [2.24, 2.45) is 0 Å². The summed E-state index contributed by atoms with van der Waals surface area (Å²) in [5.74, 6) is 0.860. The maximum absolute atomic E-state index is 13.3. The molecule has 0 aliphatic rings. The van der Waals surface area contributed by atoms with Gasteiger partial charge in [-0.05, 0) is 36.8 Å². The van der Waals surface area contributed by atoms with E-state index in [1.165, 1.54) is 0 Å². The number of carbonyl (C=O) groups excluding carboxylic acids is 1. The molecule has 0 fully saturated rings. The number of anilines is 1. The number of hydrogen-bond acceptors (Lipinski definition) is 5. The second-order valence-corrected chi connectivity index (χ2v) is 7.30. The van der Waals surface area contributed by atoms with Gasteiger partial charge in [-0.25, -0.2) is 4.98 Å². The van der Waals surface area contributed by atoms with Gasteiger partial charge in [0.2, 0.25) is 0 Å². The number of benzene rings is 2. The number of hydrogen-bond donors (Lipinski definition) is 1. The van der Waals surface area contributed by atoms with Crippen molar-refractivity contribution in [3.8, 4) is 22.9 Å². The molecule has 2 aromatic heterocycles. The fraction of sp³-hybridized carbons (Fsp3) is 0.125. The van der Waals surface area contributed by atoms with Crippen molar-refractivity contribution in [1.29, 1.82) is 0 Å². The molecule has 4 aromatic rings. The van der Waals surface area contributed by atoms with Crippen LogP contribution in [-0.2, 0) is 0 Å². The van der Waals surface area contributed by atoms with Crippen LogP contribution in [0, 0.1) is 6.92 Å². The lowest BCUT2D eigenvalue weighted by Gasteiger charge is -2.13. The molecule has 7 heteroatoms. The van der Waals surface area contributed by atoms with E-state index in [0.717, 1.165) is 5.56 Å². The summed E-state index contributed by atoms with van der Waals surface area (Å²) < 4.78 is 10.6. The third-order valence-corrected chi connectivity index (χ3v) is 5.36. The Bertz CT molecular complexity index is 1250. The van der Waals surface area contributed by atoms with Gasteiger partial charge in [-0.3, -0.25) is 9.78 Å². The summed E-state index contributed by atoms with van der Waals surface area (Å²) in [7, 11) is 3.12. The van der Waals surface area contributed by atoms with E-state index in [-0.39, 0.29) is 5.91 Å². The van der Waals surface area contributed by atoms with E-state index in [1.54, 1.807) is 56.8 Å². The predicted octanol–water partition coefficient (Wildman–Crippen LogP) is 5.53. The van der Waals surface area contributed by atoms with Gasteiger partial charge in [-0.1, -0.05) is 23.7 Å². The van der Waals surface area contributed by atoms with Crippen LogP contribution < -0.4 is 14.8 Å². The number of rotatable bonds is 5. The van der Waals surface area contributed by atoms with E-state index >= 15 is 0 Å². The maximum atomic E-state index is 13.3. The van der Waals surface area contributed by atoms with Gasteiger partial charge in [-0.2, -0.15) is 0 Å². The van der Waals surface area contributed by atoms with Crippen molar-refractivity contribution in [2.45, 2.75) is 6.92 Å². The molecule has 4 rings (SSSR count). The number of ether oxygens (including phenoxy) is 2. The summed E-state index contributed by atoms with van der Waals surface area (Å²) in [6.45, 7) is 1.88. The molecule has 0 spiro atoms. The van der Waals surface area contributed by atoms with E-state index < -0.39 is 0 Å². The van der Waals surface area contributed by atoms with Gasteiger partial charge < -0.3 is 14.8 Å². The number of nitrogens with zero attached hydrogens (tertiary/aromatic N) is 2. The van der Waals surface area contributed by atoms with Crippen LogP contribution in [-0.4, -0.2) is 30.1 Å². The molecule has 156 valence electrons. The van der Waals surface area contributed by atoms with Crippen molar-refractivity contribution in [3.63, 3.8) is 0 Å². The summed E-state index contributed by atoms with van der Waals surface area (Å²) in [6.07, 6.45) is 1.69. The van der Waals surface area contributed by atoms with E-state index in [9.17, 15) is 4.79 Å². The first-order valence-corrected chi connectivity index (χ1v) is 9.93. The van der Waals surface area contributed by atoms with Crippen molar-refractivity contribution in [1.82, 2.24) is 9.97 Å². The zero-order valence-corrected chi connectivity index (χ0v) is 18.0. The van der Waals surface area contributed by atoms with Crippen LogP contribution in [0.15, 0.2) is 60.8 Å². The quantitative estimate of drug-likeness (QED) is 0.448. The number of amides is 1. The summed E-state index contributed by atoms with van der Waals surface area (Å²) in [5, 5.41) is 4.22. The fourth-order valence-electron chi connectivity index (χ4n) is 3.32. The molecule has 6 nitrogen and oxygen atoms in total. The Hall–Kier alpha value is -3.64. The van der Waals surface area contributed by atoms with Gasteiger partial charge in [0, 0.05) is 40.5 Å². The first-order chi connectivity index (χ1) is 15.0. The van der Waals surface area contributed by atoms with Crippen molar-refractivity contribution >= 4 is 34.1 Å². The number of methoxy groups -OCH3 is 2. The lowest BCUT2D eigenvalue weighted by atomic mass is 10.0. The standard InChI is InChI=1S/C24H20ClN3O3/c1-14-20(25)8-7-18-19(13-22(28-23(14)18)21-6-4-5-9-26-21)24(29)27-15-10-16(30-2)12-17(11-15)31-3/h4-13H,1-3H3,(H,27,29). The molecular formula is C24H20ClN3O3. The average molecular weight is 434 g/mol. The maximum Gasteiger partial charge on any atom is 0.256 e. The minimum atomic E-state index is -0.290. The lowest BCUT2D eigenvalue weighted by Crippen LogP contribution is -2.13. The van der Waals surface area contributed by atoms with Gasteiger partial charge >= 0.3 is 0 Å². The Balaban J connectivity index is 1.84. The highest BCUT2D eigenvalue weighted by Gasteiger charge is 2.17. The molecule has 0 aliphatic carbocycles. The summed E-state index contributed by atoms with van der Waals surface area (Å²) in [5.41, 5.74) is 3.73. The monoisotopic (exact) mass is 433 g/mol. The number of nitrogens with one attached hydrogen (secondary N) is 1. The summed E-state index contributed by atoms with van der Waals surface area (Å²) in [6, 6.07) is 16.1. The smallest absolute Gasteiger partial charge is 0.256 e. The predicted molar refractivity (Wildman–Crippen MR) is 122 cm³/mol. The molecule has 0 bridgehead atoms. The summed E-state index contributed by atoms with van der Waals surface area (Å²) in [4.78, 5) is 22.5.